The van der Waals surface area contributed by atoms with Crippen LogP contribution in [0, 0.1) is 0 Å². The lowest BCUT2D eigenvalue weighted by Crippen LogP contribution is -2.08. The topological polar surface area (TPSA) is 12.0 Å². The molecule has 0 amide bonds. The number of hydrogen-bond acceptors (Lipinski definition) is 1. The average Bonchev–Trinajstić information content (AvgIpc) is 2.33. The molecule has 0 saturated heterocycles. The summed E-state index contributed by atoms with van der Waals surface area (Å²) in [5.41, 5.74) is 2.50. The zero-order chi connectivity index (χ0) is 7.56. The van der Waals surface area contributed by atoms with Crippen molar-refractivity contribution in [3.63, 3.8) is 0 Å². The number of halogens is 1. The van der Waals surface area contributed by atoms with Gasteiger partial charge in [0.25, 0.3) is 0 Å². The largest absolute Gasteiger partial charge is 0.309 e. The van der Waals surface area contributed by atoms with Crippen LogP contribution in [-0.4, -0.2) is 13.1 Å². The predicted octanol–water partition coefficient (Wildman–Crippen LogP) is 1.98. The Morgan fingerprint density at radius 3 is 2.70 bits per heavy atom. The molecule has 0 bridgehead atoms. The number of nitrogens with one attached hydrogen (secondary N) is 1. The van der Waals surface area contributed by atoms with Crippen LogP contribution in [0.15, 0.2) is 34.9 Å². The first-order chi connectivity index (χ1) is 4.75. The maximum Gasteiger partial charge on any atom is 0.0222 e. The van der Waals surface area contributed by atoms with E-state index in [1.807, 2.05) is 6.08 Å². The first kappa shape index (κ1) is 7.76. The summed E-state index contributed by atoms with van der Waals surface area (Å²) in [5.74, 6) is 0. The predicted molar refractivity (Wildman–Crippen MR) is 48.2 cm³/mol. The van der Waals surface area contributed by atoms with Crippen LogP contribution < -0.4 is 5.32 Å². The summed E-state index contributed by atoms with van der Waals surface area (Å²) in [6.07, 6.45) is 1.88. The summed E-state index contributed by atoms with van der Waals surface area (Å²) >= 11 is 3.34. The lowest BCUT2D eigenvalue weighted by Gasteiger charge is -1.97. The first-order valence-corrected chi connectivity index (χ1v) is 3.95. The van der Waals surface area contributed by atoms with Crippen molar-refractivity contribution in [3.05, 3.63) is 34.9 Å². The van der Waals surface area contributed by atoms with Crippen molar-refractivity contribution < 1.29 is 0 Å². The van der Waals surface area contributed by atoms with Crippen LogP contribution in [0.25, 0.3) is 0 Å². The third kappa shape index (κ3) is 1.39. The van der Waals surface area contributed by atoms with Crippen molar-refractivity contribution in [1.82, 2.24) is 5.32 Å². The van der Waals surface area contributed by atoms with Gasteiger partial charge in [-0.3, -0.25) is 0 Å². The van der Waals surface area contributed by atoms with E-state index < -0.39 is 0 Å². The second kappa shape index (κ2) is 3.17. The average molecular weight is 200 g/mol. The molecule has 0 aliphatic carbocycles. The molecule has 0 aromatic carbocycles. The molecule has 1 rings (SSSR count). The molecule has 0 atom stereocenters. The molecule has 1 heterocycles. The molecule has 0 saturated carbocycles. The molecule has 1 aliphatic heterocycles. The monoisotopic (exact) mass is 199 g/mol. The van der Waals surface area contributed by atoms with E-state index in [0.29, 0.717) is 0 Å². The molecule has 54 valence electrons. The smallest absolute Gasteiger partial charge is 0.0222 e. The van der Waals surface area contributed by atoms with Crippen LogP contribution >= 0.6 is 15.9 Å². The minimum absolute atomic E-state index is 0.908. The summed E-state index contributed by atoms with van der Waals surface area (Å²) in [4.78, 5) is 0. The van der Waals surface area contributed by atoms with Gasteiger partial charge in [-0.15, -0.1) is 0 Å². The van der Waals surface area contributed by atoms with Gasteiger partial charge in [0.05, 0.1) is 0 Å². The van der Waals surface area contributed by atoms with Crippen molar-refractivity contribution in [2.45, 2.75) is 0 Å². The molecule has 1 aliphatic rings. The van der Waals surface area contributed by atoms with Crippen LogP contribution in [0.5, 0.6) is 0 Å². The van der Waals surface area contributed by atoms with Crippen molar-refractivity contribution in [3.8, 4) is 0 Å². The van der Waals surface area contributed by atoms with Crippen LogP contribution in [0.2, 0.25) is 0 Å². The van der Waals surface area contributed by atoms with Crippen molar-refractivity contribution in [2.24, 2.45) is 0 Å². The van der Waals surface area contributed by atoms with Crippen molar-refractivity contribution in [2.75, 3.05) is 13.1 Å². The normalized spacial score (nSPS) is 17.7. The molecule has 0 aromatic heterocycles. The Hall–Kier alpha value is -0.340. The van der Waals surface area contributed by atoms with E-state index >= 15 is 0 Å². The molecule has 10 heavy (non-hydrogen) atoms. The molecular formula is C8H10BrN. The molecule has 1 nitrogen and oxygen atoms in total. The van der Waals surface area contributed by atoms with Crippen LogP contribution in [0.3, 0.4) is 0 Å². The van der Waals surface area contributed by atoms with E-state index in [1.165, 1.54) is 11.1 Å². The van der Waals surface area contributed by atoms with Crippen LogP contribution in [0.4, 0.5) is 0 Å². The summed E-state index contributed by atoms with van der Waals surface area (Å²) in [7, 11) is 0. The fraction of sp³-hybridized carbons (Fsp3) is 0.250. The van der Waals surface area contributed by atoms with Gasteiger partial charge >= 0.3 is 0 Å². The minimum Gasteiger partial charge on any atom is -0.309 e. The molecule has 0 radical (unpaired) electrons. The SMILES string of the molecule is C=CC1=C(C(=C)Br)CNC1. The third-order valence-electron chi connectivity index (χ3n) is 1.58. The molecule has 2 heteroatoms. The number of rotatable bonds is 2. The molecular weight excluding hydrogens is 190 g/mol. The van der Waals surface area contributed by atoms with E-state index in [4.69, 9.17) is 0 Å². The Morgan fingerprint density at radius 2 is 2.30 bits per heavy atom. The Labute approximate surface area is 69.6 Å². The molecule has 0 fully saturated rings. The van der Waals surface area contributed by atoms with Crippen molar-refractivity contribution >= 4 is 15.9 Å². The van der Waals surface area contributed by atoms with E-state index in [0.717, 1.165) is 17.6 Å². The van der Waals surface area contributed by atoms with Gasteiger partial charge in [0.15, 0.2) is 0 Å². The highest BCUT2D eigenvalue weighted by molar-refractivity contribution is 9.11. The van der Waals surface area contributed by atoms with Crippen molar-refractivity contribution in [1.29, 1.82) is 0 Å². The van der Waals surface area contributed by atoms with Gasteiger partial charge in [-0.1, -0.05) is 35.2 Å². The zero-order valence-corrected chi connectivity index (χ0v) is 7.37. The molecule has 0 unspecified atom stereocenters. The highest BCUT2D eigenvalue weighted by atomic mass is 79.9. The highest BCUT2D eigenvalue weighted by Gasteiger charge is 2.11. The van der Waals surface area contributed by atoms with Gasteiger partial charge in [-0.25, -0.2) is 0 Å². The van der Waals surface area contributed by atoms with Gasteiger partial charge in [0.1, 0.15) is 0 Å². The van der Waals surface area contributed by atoms with Crippen LogP contribution in [0.1, 0.15) is 0 Å². The highest BCUT2D eigenvalue weighted by Crippen LogP contribution is 2.21. The zero-order valence-electron chi connectivity index (χ0n) is 5.78. The Balaban J connectivity index is 2.88. The van der Waals surface area contributed by atoms with Gasteiger partial charge in [0, 0.05) is 17.6 Å². The third-order valence-corrected chi connectivity index (χ3v) is 2.06. The Morgan fingerprint density at radius 1 is 1.60 bits per heavy atom. The molecule has 0 aromatic rings. The summed E-state index contributed by atoms with van der Waals surface area (Å²) in [5, 5.41) is 3.22. The summed E-state index contributed by atoms with van der Waals surface area (Å²) < 4.78 is 0.965. The lowest BCUT2D eigenvalue weighted by atomic mass is 10.1. The van der Waals surface area contributed by atoms with Gasteiger partial charge < -0.3 is 5.32 Å². The standard InChI is InChI=1S/C8H10BrN/c1-3-7-4-10-5-8(7)6(2)9/h3,10H,1-2,4-5H2. The van der Waals surface area contributed by atoms with E-state index in [-0.39, 0.29) is 0 Å². The minimum atomic E-state index is 0.908. The second-order valence-corrected chi connectivity index (χ2v) is 3.17. The first-order valence-electron chi connectivity index (χ1n) is 3.15. The van der Waals surface area contributed by atoms with Gasteiger partial charge in [-0.2, -0.15) is 0 Å². The summed E-state index contributed by atoms with van der Waals surface area (Å²) in [6, 6.07) is 0. The summed E-state index contributed by atoms with van der Waals surface area (Å²) in [6.45, 7) is 9.35. The van der Waals surface area contributed by atoms with Gasteiger partial charge in [0.2, 0.25) is 0 Å². The lowest BCUT2D eigenvalue weighted by molar-refractivity contribution is 0.874. The number of hydrogen-bond donors (Lipinski definition) is 1. The van der Waals surface area contributed by atoms with E-state index in [2.05, 4.69) is 34.4 Å². The molecule has 1 N–H and O–H groups in total. The maximum atomic E-state index is 3.81. The van der Waals surface area contributed by atoms with Crippen LogP contribution in [-0.2, 0) is 0 Å². The fourth-order valence-electron chi connectivity index (χ4n) is 1.01. The quantitative estimate of drug-likeness (QED) is 0.718. The second-order valence-electron chi connectivity index (χ2n) is 2.22. The molecule has 0 spiro atoms. The maximum absolute atomic E-state index is 3.81. The van der Waals surface area contributed by atoms with E-state index in [9.17, 15) is 0 Å². The Bertz CT molecular complexity index is 203. The Kier molecular flexibility index (Phi) is 2.46. The fourth-order valence-corrected chi connectivity index (χ4v) is 1.40. The van der Waals surface area contributed by atoms with E-state index in [1.54, 1.807) is 0 Å². The van der Waals surface area contributed by atoms with Gasteiger partial charge in [-0.05, 0) is 11.1 Å².